The highest BCUT2D eigenvalue weighted by molar-refractivity contribution is 6.03. The number of aryl methyl sites for hydroxylation is 1. The maximum atomic E-state index is 14.2. The van der Waals surface area contributed by atoms with E-state index in [1.54, 1.807) is 24.0 Å². The highest BCUT2D eigenvalue weighted by atomic mass is 19.4. The highest BCUT2D eigenvalue weighted by Crippen LogP contribution is 2.39. The van der Waals surface area contributed by atoms with E-state index in [9.17, 15) is 37.0 Å². The first-order valence-electron chi connectivity index (χ1n) is 12.6. The second-order valence-electron chi connectivity index (χ2n) is 10.6. The van der Waals surface area contributed by atoms with Gasteiger partial charge in [0.15, 0.2) is 0 Å². The molecule has 2 atom stereocenters. The number of pyridine rings is 1. The van der Waals surface area contributed by atoms with Gasteiger partial charge in [0.2, 0.25) is 5.91 Å². The van der Waals surface area contributed by atoms with Gasteiger partial charge in [-0.2, -0.15) is 13.2 Å². The average molecular weight is 564 g/mol. The summed E-state index contributed by atoms with van der Waals surface area (Å²) in [6.07, 6.45) is -3.73. The minimum absolute atomic E-state index is 0.155. The van der Waals surface area contributed by atoms with Crippen molar-refractivity contribution in [2.45, 2.75) is 50.9 Å². The number of amides is 1. The number of carbonyl (C=O) groups is 1. The van der Waals surface area contributed by atoms with E-state index in [1.165, 1.54) is 44.1 Å². The van der Waals surface area contributed by atoms with E-state index in [2.05, 4.69) is 4.98 Å². The van der Waals surface area contributed by atoms with Crippen LogP contribution in [0, 0.1) is 18.6 Å². The number of hydrogen-bond acceptors (Lipinski definition) is 5. The summed E-state index contributed by atoms with van der Waals surface area (Å²) in [5.41, 5.74) is -1.05. The largest absolute Gasteiger partial charge is 0.416 e. The summed E-state index contributed by atoms with van der Waals surface area (Å²) in [4.78, 5) is 21.2. The zero-order chi connectivity index (χ0) is 29.6. The smallest absolute Gasteiger partial charge is 0.394 e. The van der Waals surface area contributed by atoms with Gasteiger partial charge in [0.25, 0.3) is 0 Å². The van der Waals surface area contributed by atoms with E-state index in [-0.39, 0.29) is 30.4 Å². The van der Waals surface area contributed by atoms with Crippen LogP contribution in [0.4, 0.5) is 33.5 Å². The Morgan fingerprint density at radius 2 is 1.73 bits per heavy atom. The number of aromatic nitrogens is 1. The zero-order valence-corrected chi connectivity index (χ0v) is 22.4. The van der Waals surface area contributed by atoms with Crippen molar-refractivity contribution in [3.63, 3.8) is 0 Å². The van der Waals surface area contributed by atoms with E-state index in [0.717, 1.165) is 12.1 Å². The molecule has 2 heterocycles. The quantitative estimate of drug-likeness (QED) is 0.402. The molecule has 2 aromatic carbocycles. The van der Waals surface area contributed by atoms with Crippen LogP contribution in [0.25, 0.3) is 11.1 Å². The number of aliphatic hydroxyl groups excluding tert-OH is 2. The molecule has 11 heteroatoms. The Morgan fingerprint density at radius 1 is 1.05 bits per heavy atom. The van der Waals surface area contributed by atoms with E-state index in [4.69, 9.17) is 0 Å². The molecule has 214 valence electrons. The summed E-state index contributed by atoms with van der Waals surface area (Å²) >= 11 is 0. The zero-order valence-electron chi connectivity index (χ0n) is 22.4. The molecule has 0 saturated carbocycles. The van der Waals surface area contributed by atoms with Crippen molar-refractivity contribution in [1.29, 1.82) is 0 Å². The second-order valence-corrected chi connectivity index (χ2v) is 10.6. The van der Waals surface area contributed by atoms with Gasteiger partial charge in [-0.15, -0.1) is 0 Å². The number of rotatable bonds is 6. The molecule has 0 radical (unpaired) electrons. The van der Waals surface area contributed by atoms with Crippen LogP contribution in [0.2, 0.25) is 0 Å². The molecule has 2 N–H and O–H groups in total. The molecule has 40 heavy (non-hydrogen) atoms. The minimum atomic E-state index is -4.80. The van der Waals surface area contributed by atoms with Gasteiger partial charge >= 0.3 is 6.18 Å². The molecule has 1 fully saturated rings. The first-order valence-corrected chi connectivity index (χ1v) is 12.6. The summed E-state index contributed by atoms with van der Waals surface area (Å²) in [7, 11) is 1.43. The molecule has 1 saturated heterocycles. The fraction of sp³-hybridized carbons (Fsp3) is 0.379. The third-order valence-electron chi connectivity index (χ3n) is 7.39. The monoisotopic (exact) mass is 563 g/mol. The lowest BCUT2D eigenvalue weighted by Gasteiger charge is -2.32. The number of hydrogen-bond donors (Lipinski definition) is 2. The Labute approximate surface area is 228 Å². The molecule has 1 aromatic heterocycles. The standard InChI is InChI=1S/C29H30F5N3O3/c1-16-7-19(30)5-6-23(16)24-12-26(37-14-22(39)11-21(37)15-38)35-13-25(24)36(4)27(40)28(2,3)17-8-18(29(32,33)34)10-20(31)9-17/h5-10,12-13,21-22,38-39H,11,14-15H2,1-4H3/t21-,22+/m0/s1. The van der Waals surface area contributed by atoms with Crippen molar-refractivity contribution >= 4 is 17.4 Å². The first kappa shape index (κ1) is 29.4. The van der Waals surface area contributed by atoms with Gasteiger partial charge in [-0.3, -0.25) is 4.79 Å². The van der Waals surface area contributed by atoms with Crippen molar-refractivity contribution < 1.29 is 37.0 Å². The Morgan fingerprint density at radius 3 is 2.35 bits per heavy atom. The van der Waals surface area contributed by atoms with Crippen molar-refractivity contribution in [3.8, 4) is 11.1 Å². The summed E-state index contributed by atoms with van der Waals surface area (Å²) in [5, 5.41) is 20.0. The molecular formula is C29H30F5N3O3. The molecule has 6 nitrogen and oxygen atoms in total. The van der Waals surface area contributed by atoms with Crippen molar-refractivity contribution in [3.05, 3.63) is 77.0 Å². The van der Waals surface area contributed by atoms with Crippen LogP contribution in [0.1, 0.15) is 37.0 Å². The summed E-state index contributed by atoms with van der Waals surface area (Å²) < 4.78 is 68.3. The maximum Gasteiger partial charge on any atom is 0.416 e. The Kier molecular flexibility index (Phi) is 7.92. The van der Waals surface area contributed by atoms with Crippen LogP contribution in [0.5, 0.6) is 0 Å². The molecule has 0 aliphatic carbocycles. The highest BCUT2D eigenvalue weighted by Gasteiger charge is 2.38. The van der Waals surface area contributed by atoms with Crippen molar-refractivity contribution in [1.82, 2.24) is 4.98 Å². The fourth-order valence-electron chi connectivity index (χ4n) is 5.12. The number of anilines is 2. The normalized spacial score (nSPS) is 17.8. The number of aliphatic hydroxyl groups is 2. The van der Waals surface area contributed by atoms with E-state index >= 15 is 0 Å². The molecule has 1 aliphatic heterocycles. The van der Waals surface area contributed by atoms with Gasteiger partial charge in [0.05, 0.1) is 41.6 Å². The van der Waals surface area contributed by atoms with Crippen molar-refractivity contribution in [2.75, 3.05) is 30.0 Å². The maximum absolute atomic E-state index is 14.2. The van der Waals surface area contributed by atoms with Crippen molar-refractivity contribution in [2.24, 2.45) is 0 Å². The molecule has 4 rings (SSSR count). The fourth-order valence-corrected chi connectivity index (χ4v) is 5.12. The number of β-amino-alcohol motifs (C(OH)–C–C–N with tert-alkyl or cyclic N) is 1. The average Bonchev–Trinajstić information content (AvgIpc) is 3.27. The number of halogens is 5. The van der Waals surface area contributed by atoms with Gasteiger partial charge in [0.1, 0.15) is 17.5 Å². The van der Waals surface area contributed by atoms with Crippen LogP contribution in [-0.2, 0) is 16.4 Å². The lowest BCUT2D eigenvalue weighted by molar-refractivity contribution is -0.138. The van der Waals surface area contributed by atoms with Crippen LogP contribution >= 0.6 is 0 Å². The lowest BCUT2D eigenvalue weighted by Crippen LogP contribution is -2.42. The molecule has 0 bridgehead atoms. The number of likely N-dealkylation sites (N-methyl/N-ethyl adjacent to an activating group) is 1. The van der Waals surface area contributed by atoms with Gasteiger partial charge in [-0.1, -0.05) is 6.07 Å². The first-order chi connectivity index (χ1) is 18.6. The third kappa shape index (κ3) is 5.66. The van der Waals surface area contributed by atoms with Gasteiger partial charge < -0.3 is 20.0 Å². The third-order valence-corrected chi connectivity index (χ3v) is 7.39. The molecule has 0 unspecified atom stereocenters. The van der Waals surface area contributed by atoms with E-state index < -0.39 is 40.8 Å². The van der Waals surface area contributed by atoms with Gasteiger partial charge in [-0.05, 0) is 80.3 Å². The molecule has 1 aliphatic rings. The van der Waals surface area contributed by atoms with Crippen LogP contribution in [0.15, 0.2) is 48.7 Å². The lowest BCUT2D eigenvalue weighted by atomic mass is 9.82. The van der Waals surface area contributed by atoms with E-state index in [0.29, 0.717) is 35.0 Å². The van der Waals surface area contributed by atoms with E-state index in [1.807, 2.05) is 0 Å². The Hall–Kier alpha value is -3.57. The Bertz CT molecular complexity index is 1430. The molecular weight excluding hydrogens is 533 g/mol. The van der Waals surface area contributed by atoms with Gasteiger partial charge in [0, 0.05) is 19.2 Å². The predicted molar refractivity (Wildman–Crippen MR) is 141 cm³/mol. The SMILES string of the molecule is Cc1cc(F)ccc1-c1cc(N2C[C@H](O)C[C@H]2CO)ncc1N(C)C(=O)C(C)(C)c1cc(F)cc(C(F)(F)F)c1. The molecule has 3 aromatic rings. The second kappa shape index (κ2) is 10.8. The Balaban J connectivity index is 1.81. The number of carbonyl (C=O) groups excluding carboxylic acids is 1. The van der Waals surface area contributed by atoms with Gasteiger partial charge in [-0.25, -0.2) is 13.8 Å². The minimum Gasteiger partial charge on any atom is -0.394 e. The summed E-state index contributed by atoms with van der Waals surface area (Å²) in [6, 6.07) is 7.45. The number of nitrogens with zero attached hydrogens (tertiary/aromatic N) is 3. The predicted octanol–water partition coefficient (Wildman–Crippen LogP) is 5.23. The van der Waals surface area contributed by atoms with Crippen LogP contribution in [-0.4, -0.2) is 53.4 Å². The summed E-state index contributed by atoms with van der Waals surface area (Å²) in [6.45, 7) is 4.51. The molecule has 0 spiro atoms. The number of alkyl halides is 3. The van der Waals surface area contributed by atoms with Crippen LogP contribution < -0.4 is 9.80 Å². The number of benzene rings is 2. The molecule has 1 amide bonds. The summed E-state index contributed by atoms with van der Waals surface area (Å²) in [5.74, 6) is -1.80. The topological polar surface area (TPSA) is 76.9 Å². The van der Waals surface area contributed by atoms with Crippen LogP contribution in [0.3, 0.4) is 0 Å².